The molecule has 0 radical (unpaired) electrons. The Bertz CT molecular complexity index is 951. The van der Waals surface area contributed by atoms with Crippen LogP contribution >= 0.6 is 0 Å². The Morgan fingerprint density at radius 2 is 0.920 bits per heavy atom. The van der Waals surface area contributed by atoms with Gasteiger partial charge in [-0.05, 0) is 101 Å². The third-order valence-corrected chi connectivity index (χ3v) is 12.8. The molecular weight excluding hydrogens is 628 g/mol. The molecule has 6 unspecified atom stereocenters. The Morgan fingerprint density at radius 3 is 1.22 bits per heavy atom. The normalized spacial score (nSPS) is 32.7. The summed E-state index contributed by atoms with van der Waals surface area (Å²) in [5.74, 6) is 2.36. The van der Waals surface area contributed by atoms with Crippen LogP contribution in [0.4, 0.5) is 0 Å². The van der Waals surface area contributed by atoms with E-state index in [1.165, 1.54) is 76.4 Å². The molecule has 0 heterocycles. The lowest BCUT2D eigenvalue weighted by atomic mass is 9.63. The van der Waals surface area contributed by atoms with Crippen molar-refractivity contribution in [2.75, 3.05) is 40.4 Å². The number of rotatable bonds is 17. The predicted molar refractivity (Wildman–Crippen MR) is 201 cm³/mol. The second-order valence-corrected chi connectivity index (χ2v) is 17.0. The molecule has 50 heavy (non-hydrogen) atoms. The molecule has 286 valence electrons. The van der Waals surface area contributed by atoms with E-state index < -0.39 is 0 Å². The first-order valence-electron chi connectivity index (χ1n) is 20.3. The molecule has 4 aliphatic carbocycles. The van der Waals surface area contributed by atoms with Gasteiger partial charge in [-0.1, -0.05) is 79.4 Å². The lowest BCUT2D eigenvalue weighted by Crippen LogP contribution is -2.46. The average molecular weight is 701 g/mol. The summed E-state index contributed by atoms with van der Waals surface area (Å²) in [6.07, 6.45) is 19.5. The molecule has 0 aromatic carbocycles. The average Bonchev–Trinajstić information content (AvgIpc) is 3.11. The van der Waals surface area contributed by atoms with Gasteiger partial charge in [0.25, 0.3) is 0 Å². The highest BCUT2D eigenvalue weighted by molar-refractivity contribution is 5.81. The van der Waals surface area contributed by atoms with Gasteiger partial charge in [0.15, 0.2) is 0 Å². The number of likely N-dealkylation sites (N-methyl/N-ethyl adjacent to an activating group) is 2. The minimum Gasteiger partial charge on any atom is -0.455 e. The maximum Gasteiger partial charge on any atom is 0.330 e. The lowest BCUT2D eigenvalue weighted by Gasteiger charge is -2.47. The Balaban J connectivity index is 1.27. The zero-order valence-corrected chi connectivity index (χ0v) is 32.6. The largest absolute Gasteiger partial charge is 0.455 e. The minimum atomic E-state index is -0.372. The van der Waals surface area contributed by atoms with Crippen LogP contribution in [-0.2, 0) is 28.5 Å². The van der Waals surface area contributed by atoms with Crippen molar-refractivity contribution < 1.29 is 28.5 Å². The quantitative estimate of drug-likeness (QED) is 0.112. The predicted octanol–water partition coefficient (Wildman–Crippen LogP) is 7.85. The number of nitrogens with zero attached hydrogens (tertiary/aromatic N) is 2. The SMILES string of the molecule is C=CC(=O)OC(COC1C(C)CC(C2CC(C)C(OCC(CN(C)C3CCCCC3)OC(=O)C=C)C(C)C2)CC1C)CN(C)C1CCCCC1. The summed E-state index contributed by atoms with van der Waals surface area (Å²) in [6, 6.07) is 1.10. The van der Waals surface area contributed by atoms with Crippen molar-refractivity contribution in [1.29, 1.82) is 0 Å². The summed E-state index contributed by atoms with van der Waals surface area (Å²) in [6.45, 7) is 18.9. The molecule has 4 rings (SSSR count). The molecule has 4 saturated carbocycles. The molecule has 0 spiro atoms. The highest BCUT2D eigenvalue weighted by atomic mass is 16.6. The molecule has 0 N–H and O–H groups in total. The van der Waals surface area contributed by atoms with Crippen LogP contribution in [0.3, 0.4) is 0 Å². The summed E-state index contributed by atoms with van der Waals surface area (Å²) in [4.78, 5) is 29.2. The molecule has 4 fully saturated rings. The zero-order chi connectivity index (χ0) is 36.2. The molecule has 0 aromatic heterocycles. The first-order valence-corrected chi connectivity index (χ1v) is 20.3. The molecule has 0 amide bonds. The van der Waals surface area contributed by atoms with Gasteiger partial charge in [0.05, 0.1) is 25.4 Å². The number of esters is 2. The molecule has 0 bridgehead atoms. The fourth-order valence-electron chi connectivity index (χ4n) is 10.3. The third-order valence-electron chi connectivity index (χ3n) is 12.8. The maximum absolute atomic E-state index is 12.2. The van der Waals surface area contributed by atoms with Gasteiger partial charge in [0.2, 0.25) is 0 Å². The fraction of sp³-hybridized carbons (Fsp3) is 0.857. The Hall–Kier alpha value is -1.74. The van der Waals surface area contributed by atoms with Gasteiger partial charge in [-0.15, -0.1) is 0 Å². The number of ether oxygens (including phenoxy) is 4. The van der Waals surface area contributed by atoms with E-state index in [2.05, 4.69) is 64.7 Å². The van der Waals surface area contributed by atoms with Crippen LogP contribution in [0, 0.1) is 35.5 Å². The standard InChI is InChI=1S/C42H72N2O6/c1-9-39(45)49-37(25-43(7)35-17-13-11-14-18-35)27-47-41-29(3)21-33(22-30(41)4)34-23-31(5)42(32(6)24-34)48-28-38(50-40(46)10-2)26-44(8)36-19-15-12-16-20-36/h9-10,29-38,41-42H,1-2,11-28H2,3-8H3. The van der Waals surface area contributed by atoms with E-state index in [1.54, 1.807) is 0 Å². The summed E-state index contributed by atoms with van der Waals surface area (Å²) < 4.78 is 24.9. The monoisotopic (exact) mass is 701 g/mol. The Kier molecular flexibility index (Phi) is 16.8. The Morgan fingerprint density at radius 1 is 0.600 bits per heavy atom. The van der Waals surface area contributed by atoms with Crippen LogP contribution in [-0.4, -0.2) is 98.6 Å². The van der Waals surface area contributed by atoms with Gasteiger partial charge in [-0.25, -0.2) is 9.59 Å². The highest BCUT2D eigenvalue weighted by Crippen LogP contribution is 2.46. The van der Waals surface area contributed by atoms with Crippen LogP contribution in [0.5, 0.6) is 0 Å². The smallest absolute Gasteiger partial charge is 0.330 e. The maximum atomic E-state index is 12.2. The first kappa shape index (κ1) is 41.0. The molecule has 4 aliphatic rings. The van der Waals surface area contributed by atoms with Crippen molar-refractivity contribution in [3.8, 4) is 0 Å². The van der Waals surface area contributed by atoms with E-state index in [-0.39, 0.29) is 36.4 Å². The molecule has 0 aliphatic heterocycles. The summed E-state index contributed by atoms with van der Waals surface area (Å²) >= 11 is 0. The van der Waals surface area contributed by atoms with Gasteiger partial charge >= 0.3 is 11.9 Å². The van der Waals surface area contributed by atoms with E-state index in [1.807, 2.05) is 0 Å². The first-order chi connectivity index (χ1) is 24.0. The highest BCUT2D eigenvalue weighted by Gasteiger charge is 2.42. The summed E-state index contributed by atoms with van der Waals surface area (Å²) in [5, 5.41) is 0. The molecular formula is C42H72N2O6. The van der Waals surface area contributed by atoms with E-state index in [0.717, 1.165) is 25.7 Å². The van der Waals surface area contributed by atoms with Crippen molar-refractivity contribution in [1.82, 2.24) is 9.80 Å². The van der Waals surface area contributed by atoms with Gasteiger partial charge in [0, 0.05) is 37.3 Å². The van der Waals surface area contributed by atoms with Gasteiger partial charge in [0.1, 0.15) is 12.2 Å². The lowest BCUT2D eigenvalue weighted by molar-refractivity contribution is -0.155. The number of carbonyl (C=O) groups is 2. The van der Waals surface area contributed by atoms with Crippen molar-refractivity contribution in [2.45, 2.75) is 154 Å². The van der Waals surface area contributed by atoms with Crippen LogP contribution in [0.2, 0.25) is 0 Å². The molecule has 6 atom stereocenters. The third kappa shape index (κ3) is 12.2. The van der Waals surface area contributed by atoms with Crippen LogP contribution in [0.25, 0.3) is 0 Å². The zero-order valence-electron chi connectivity index (χ0n) is 32.6. The van der Waals surface area contributed by atoms with Crippen molar-refractivity contribution in [3.63, 3.8) is 0 Å². The van der Waals surface area contributed by atoms with Crippen molar-refractivity contribution in [2.24, 2.45) is 35.5 Å². The number of hydrogen-bond acceptors (Lipinski definition) is 8. The van der Waals surface area contributed by atoms with Gasteiger partial charge < -0.3 is 18.9 Å². The second kappa shape index (κ2) is 20.5. The summed E-state index contributed by atoms with van der Waals surface area (Å²) in [5.41, 5.74) is 0. The van der Waals surface area contributed by atoms with E-state index in [9.17, 15) is 9.59 Å². The number of hydrogen-bond donors (Lipinski definition) is 0. The van der Waals surface area contributed by atoms with Crippen LogP contribution < -0.4 is 0 Å². The fourth-order valence-corrected chi connectivity index (χ4v) is 10.3. The Labute approximate surface area is 305 Å². The van der Waals surface area contributed by atoms with E-state index in [4.69, 9.17) is 18.9 Å². The molecule has 8 nitrogen and oxygen atoms in total. The van der Waals surface area contributed by atoms with E-state index >= 15 is 0 Å². The van der Waals surface area contributed by atoms with Crippen LogP contribution in [0.15, 0.2) is 25.3 Å². The topological polar surface area (TPSA) is 77.5 Å². The molecule has 8 heteroatoms. The van der Waals surface area contributed by atoms with Gasteiger partial charge in [-0.2, -0.15) is 0 Å². The summed E-state index contributed by atoms with van der Waals surface area (Å²) in [7, 11) is 4.32. The second-order valence-electron chi connectivity index (χ2n) is 17.0. The van der Waals surface area contributed by atoms with Crippen molar-refractivity contribution in [3.05, 3.63) is 25.3 Å². The number of carbonyl (C=O) groups excluding carboxylic acids is 2. The van der Waals surface area contributed by atoms with Gasteiger partial charge in [-0.3, -0.25) is 9.80 Å². The molecule has 0 aromatic rings. The van der Waals surface area contributed by atoms with Crippen LogP contribution in [0.1, 0.15) is 118 Å². The van der Waals surface area contributed by atoms with E-state index in [0.29, 0.717) is 73.9 Å². The molecule has 0 saturated heterocycles. The van der Waals surface area contributed by atoms with Crippen molar-refractivity contribution >= 4 is 11.9 Å². The minimum absolute atomic E-state index is 0.160.